The Kier molecular flexibility index (Phi) is 6.80. The molecule has 0 bridgehead atoms. The van der Waals surface area contributed by atoms with Crippen LogP contribution in [0, 0.1) is 0 Å². The van der Waals surface area contributed by atoms with Crippen LogP contribution in [0.25, 0.3) is 17.1 Å². The smallest absolute Gasteiger partial charge is 0.410 e. The second kappa shape index (κ2) is 10.1. The third kappa shape index (κ3) is 6.22. The van der Waals surface area contributed by atoms with Crippen LogP contribution in [0.4, 0.5) is 23.7 Å². The third-order valence-corrected chi connectivity index (χ3v) is 6.23. The molecule has 0 unspecified atom stereocenters. The molecule has 1 fully saturated rings. The van der Waals surface area contributed by atoms with Crippen LogP contribution in [0.5, 0.6) is 11.5 Å². The van der Waals surface area contributed by atoms with Crippen LogP contribution >= 0.6 is 0 Å². The van der Waals surface area contributed by atoms with E-state index in [2.05, 4.69) is 35.6 Å². The van der Waals surface area contributed by atoms with Gasteiger partial charge in [0.05, 0.1) is 5.69 Å². The Labute approximate surface area is 223 Å². The summed E-state index contributed by atoms with van der Waals surface area (Å²) >= 11 is 0. The lowest BCUT2D eigenvalue weighted by molar-refractivity contribution is -0.274. The summed E-state index contributed by atoms with van der Waals surface area (Å²) in [5.41, 5.74) is 2.72. The van der Waals surface area contributed by atoms with Gasteiger partial charge in [-0.1, -0.05) is 39.0 Å². The van der Waals surface area contributed by atoms with E-state index < -0.39 is 12.5 Å². The lowest BCUT2D eigenvalue weighted by Gasteiger charge is -2.25. The summed E-state index contributed by atoms with van der Waals surface area (Å²) in [6, 6.07) is 20.3. The summed E-state index contributed by atoms with van der Waals surface area (Å²) in [4.78, 5) is 19.3. The quantitative estimate of drug-likeness (QED) is 0.259. The second-order valence-corrected chi connectivity index (χ2v) is 10.3. The van der Waals surface area contributed by atoms with Crippen LogP contribution in [-0.2, 0) is 5.41 Å². The first kappa shape index (κ1) is 26.3. The molecule has 10 heteroatoms. The highest BCUT2D eigenvalue weighted by molar-refractivity contribution is 5.91. The first-order valence-electron chi connectivity index (χ1n) is 12.5. The van der Waals surface area contributed by atoms with Gasteiger partial charge in [-0.15, -0.1) is 18.3 Å². The molecule has 5 rings (SSSR count). The Morgan fingerprint density at radius 2 is 1.62 bits per heavy atom. The number of carbonyl (C=O) groups excluding carboxylic acids is 1. The van der Waals surface area contributed by atoms with Crippen molar-refractivity contribution < 1.29 is 27.4 Å². The van der Waals surface area contributed by atoms with Crippen LogP contribution in [0.15, 0.2) is 79.1 Å². The summed E-state index contributed by atoms with van der Waals surface area (Å²) in [7, 11) is 0. The zero-order valence-electron chi connectivity index (χ0n) is 21.6. The Morgan fingerprint density at radius 3 is 2.23 bits per heavy atom. The number of aromatic nitrogens is 3. The molecule has 0 atom stereocenters. The van der Waals surface area contributed by atoms with E-state index in [4.69, 9.17) is 4.74 Å². The summed E-state index contributed by atoms with van der Waals surface area (Å²) in [5, 5.41) is 4.44. The number of rotatable bonds is 6. The van der Waals surface area contributed by atoms with E-state index in [1.807, 2.05) is 48.5 Å². The van der Waals surface area contributed by atoms with Crippen LogP contribution in [0.2, 0.25) is 0 Å². The van der Waals surface area contributed by atoms with E-state index >= 15 is 0 Å². The van der Waals surface area contributed by atoms with Gasteiger partial charge in [0.2, 0.25) is 0 Å². The van der Waals surface area contributed by atoms with Gasteiger partial charge in [-0.3, -0.25) is 4.90 Å². The highest BCUT2D eigenvalue weighted by atomic mass is 19.4. The largest absolute Gasteiger partial charge is 0.573 e. The predicted octanol–water partition coefficient (Wildman–Crippen LogP) is 7.30. The van der Waals surface area contributed by atoms with Crippen molar-refractivity contribution in [2.24, 2.45) is 0 Å². The number of anilines is 1. The van der Waals surface area contributed by atoms with Crippen molar-refractivity contribution in [1.82, 2.24) is 14.8 Å². The molecule has 1 heterocycles. The summed E-state index contributed by atoms with van der Waals surface area (Å²) < 4.78 is 48.5. The fourth-order valence-corrected chi connectivity index (χ4v) is 4.21. The molecule has 202 valence electrons. The molecule has 1 amide bonds. The zero-order chi connectivity index (χ0) is 27.8. The van der Waals surface area contributed by atoms with E-state index in [1.54, 1.807) is 4.90 Å². The summed E-state index contributed by atoms with van der Waals surface area (Å²) in [6.07, 6.45) is -1.91. The third-order valence-electron chi connectivity index (χ3n) is 6.23. The maximum absolute atomic E-state index is 13.3. The number of hydrogen-bond acceptors (Lipinski definition) is 5. The van der Waals surface area contributed by atoms with Crippen molar-refractivity contribution in [1.29, 1.82) is 0 Å². The average molecular weight is 537 g/mol. The SMILES string of the molecule is CC(C)(C)c1ccccc1OC(=O)N(c1ccc(-c2ncn(-c3ccc(OC(F)(F)F)cc3)n2)cc1)C1CC1. The Balaban J connectivity index is 1.32. The number of nitrogens with zero attached hydrogens (tertiary/aromatic N) is 4. The number of amides is 1. The Bertz CT molecular complexity index is 1450. The molecule has 1 aromatic heterocycles. The first-order chi connectivity index (χ1) is 18.5. The molecular formula is C29H27F3N4O3. The fraction of sp³-hybridized carbons (Fsp3) is 0.276. The molecule has 7 nitrogen and oxygen atoms in total. The monoisotopic (exact) mass is 536 g/mol. The van der Waals surface area contributed by atoms with Gasteiger partial charge < -0.3 is 9.47 Å². The molecule has 39 heavy (non-hydrogen) atoms. The summed E-state index contributed by atoms with van der Waals surface area (Å²) in [5.74, 6) is 0.657. The van der Waals surface area contributed by atoms with Crippen molar-refractivity contribution in [3.05, 3.63) is 84.7 Å². The molecule has 1 saturated carbocycles. The van der Waals surface area contributed by atoms with Crippen molar-refractivity contribution in [2.75, 3.05) is 4.90 Å². The second-order valence-electron chi connectivity index (χ2n) is 10.3. The molecule has 0 N–H and O–H groups in total. The number of alkyl halides is 3. The van der Waals surface area contributed by atoms with E-state index in [1.165, 1.54) is 35.3 Å². The zero-order valence-corrected chi connectivity index (χ0v) is 21.6. The minimum absolute atomic E-state index is 0.0757. The molecule has 0 aliphatic heterocycles. The van der Waals surface area contributed by atoms with Gasteiger partial charge >= 0.3 is 12.5 Å². The van der Waals surface area contributed by atoms with Crippen LogP contribution in [0.1, 0.15) is 39.2 Å². The van der Waals surface area contributed by atoms with Crippen molar-refractivity contribution in [3.63, 3.8) is 0 Å². The molecule has 4 aromatic rings. The van der Waals surface area contributed by atoms with Gasteiger partial charge in [0.1, 0.15) is 17.8 Å². The number of ether oxygens (including phenoxy) is 2. The number of halogens is 3. The van der Waals surface area contributed by atoms with E-state index in [0.29, 0.717) is 22.9 Å². The molecule has 1 aliphatic rings. The molecule has 1 aliphatic carbocycles. The van der Waals surface area contributed by atoms with Gasteiger partial charge in [0.25, 0.3) is 0 Å². The number of hydrogen-bond donors (Lipinski definition) is 0. The van der Waals surface area contributed by atoms with Crippen LogP contribution in [0.3, 0.4) is 0 Å². The lowest BCUT2D eigenvalue weighted by atomic mass is 9.86. The van der Waals surface area contributed by atoms with E-state index in [9.17, 15) is 18.0 Å². The number of carbonyl (C=O) groups is 1. The van der Waals surface area contributed by atoms with Crippen molar-refractivity contribution in [3.8, 4) is 28.6 Å². The highest BCUT2D eigenvalue weighted by Gasteiger charge is 2.36. The Hall–Kier alpha value is -4.34. The van der Waals surface area contributed by atoms with Gasteiger partial charge in [0, 0.05) is 22.9 Å². The molecule has 3 aromatic carbocycles. The van der Waals surface area contributed by atoms with Gasteiger partial charge in [0.15, 0.2) is 5.82 Å². The summed E-state index contributed by atoms with van der Waals surface area (Å²) in [6.45, 7) is 6.22. The molecule has 0 saturated heterocycles. The fourth-order valence-electron chi connectivity index (χ4n) is 4.21. The predicted molar refractivity (Wildman–Crippen MR) is 140 cm³/mol. The highest BCUT2D eigenvalue weighted by Crippen LogP contribution is 2.36. The molecule has 0 spiro atoms. The first-order valence-corrected chi connectivity index (χ1v) is 12.5. The van der Waals surface area contributed by atoms with Crippen molar-refractivity contribution >= 4 is 11.8 Å². The lowest BCUT2D eigenvalue weighted by Crippen LogP contribution is -2.36. The Morgan fingerprint density at radius 1 is 0.949 bits per heavy atom. The van der Waals surface area contributed by atoms with Crippen LogP contribution in [-0.4, -0.2) is 33.3 Å². The molecular weight excluding hydrogens is 509 g/mol. The maximum atomic E-state index is 13.3. The standard InChI is InChI=1S/C29H27F3N4O3/c1-28(2,3)24-6-4-5-7-25(24)38-27(37)36(22-12-13-22)21-10-8-19(9-11-21)26-33-18-35(34-26)20-14-16-23(17-15-20)39-29(30,31)32/h4-11,14-18,22H,12-13H2,1-3H3. The van der Waals surface area contributed by atoms with Crippen molar-refractivity contribution in [2.45, 2.75) is 51.4 Å². The van der Waals surface area contributed by atoms with Gasteiger partial charge in [-0.05, 0) is 72.9 Å². The number of benzene rings is 3. The molecule has 0 radical (unpaired) electrons. The van der Waals surface area contributed by atoms with Crippen LogP contribution < -0.4 is 14.4 Å². The normalized spacial score (nSPS) is 13.7. The minimum Gasteiger partial charge on any atom is -0.410 e. The number of para-hydroxylation sites is 1. The topological polar surface area (TPSA) is 69.5 Å². The van der Waals surface area contributed by atoms with Gasteiger partial charge in [-0.25, -0.2) is 14.5 Å². The van der Waals surface area contributed by atoms with E-state index in [-0.39, 0.29) is 17.2 Å². The maximum Gasteiger partial charge on any atom is 0.573 e. The minimum atomic E-state index is -4.75. The van der Waals surface area contributed by atoms with Gasteiger partial charge in [-0.2, -0.15) is 0 Å². The average Bonchev–Trinajstić information content (AvgIpc) is 3.58. The van der Waals surface area contributed by atoms with E-state index in [0.717, 1.165) is 24.0 Å².